The summed E-state index contributed by atoms with van der Waals surface area (Å²) in [5.74, 6) is -0.677. The molecule has 158 valence electrons. The number of aryl methyl sites for hydroxylation is 1. The summed E-state index contributed by atoms with van der Waals surface area (Å²) in [6.07, 6.45) is 1.32. The van der Waals surface area contributed by atoms with Crippen molar-refractivity contribution in [3.63, 3.8) is 0 Å². The Kier molecular flexibility index (Phi) is 6.95. The van der Waals surface area contributed by atoms with Gasteiger partial charge in [0.15, 0.2) is 0 Å². The number of hydrogen-bond donors (Lipinski definition) is 3. The number of hydrogen-bond acceptors (Lipinski definition) is 6. The Morgan fingerprint density at radius 1 is 1.13 bits per heavy atom. The summed E-state index contributed by atoms with van der Waals surface area (Å²) in [4.78, 5) is 28.7. The Balaban J connectivity index is 1.67. The molecule has 1 aromatic heterocycles. The van der Waals surface area contributed by atoms with Crippen LogP contribution in [-0.2, 0) is 11.3 Å². The maximum Gasteiger partial charge on any atom is 0.257 e. The van der Waals surface area contributed by atoms with Crippen LogP contribution in [0.4, 0.5) is 5.69 Å². The van der Waals surface area contributed by atoms with Crippen LogP contribution in [-0.4, -0.2) is 35.3 Å². The lowest BCUT2D eigenvalue weighted by molar-refractivity contribution is -0.112. The van der Waals surface area contributed by atoms with E-state index in [0.717, 1.165) is 5.56 Å². The molecule has 0 atom stereocenters. The first-order valence-electron chi connectivity index (χ1n) is 9.49. The molecule has 3 rings (SSSR count). The van der Waals surface area contributed by atoms with Crippen LogP contribution >= 0.6 is 0 Å². The molecule has 0 spiro atoms. The van der Waals surface area contributed by atoms with Crippen LogP contribution in [0.1, 0.15) is 27.2 Å². The van der Waals surface area contributed by atoms with Gasteiger partial charge in [-0.3, -0.25) is 14.6 Å². The minimum absolute atomic E-state index is 0.0194. The van der Waals surface area contributed by atoms with Crippen molar-refractivity contribution in [1.29, 1.82) is 0 Å². The molecule has 0 saturated heterocycles. The molecule has 3 N–H and O–H groups in total. The number of anilines is 1. The van der Waals surface area contributed by atoms with Crippen LogP contribution in [0.15, 0.2) is 75.9 Å². The molecule has 0 unspecified atom stereocenters. The molecule has 0 saturated carbocycles. The topological polar surface area (TPSA) is 117 Å². The number of nitrogens with zero attached hydrogens (tertiary/aromatic N) is 2. The molecular formula is C23H22N4O4. The first kappa shape index (κ1) is 21.5. The molecule has 0 aliphatic heterocycles. The predicted molar refractivity (Wildman–Crippen MR) is 118 cm³/mol. The lowest BCUT2D eigenvalue weighted by Crippen LogP contribution is -2.23. The minimum atomic E-state index is -0.549. The second-order valence-electron chi connectivity index (χ2n) is 6.70. The van der Waals surface area contributed by atoms with Gasteiger partial charge in [0.1, 0.15) is 11.5 Å². The highest BCUT2D eigenvalue weighted by atomic mass is 16.5. The van der Waals surface area contributed by atoms with Gasteiger partial charge in [0, 0.05) is 17.8 Å². The van der Waals surface area contributed by atoms with Crippen molar-refractivity contribution in [2.24, 2.45) is 4.99 Å². The average molecular weight is 418 g/mol. The fraction of sp³-hybridized carbons (Fsp3) is 0.130. The second kappa shape index (κ2) is 10.0. The molecule has 3 aromatic rings. The Hall–Kier alpha value is -4.20. The van der Waals surface area contributed by atoms with E-state index in [-0.39, 0.29) is 23.8 Å². The molecule has 2 amide bonds. The minimum Gasteiger partial charge on any atom is -0.507 e. The summed E-state index contributed by atoms with van der Waals surface area (Å²) in [6, 6.07) is 16.0. The van der Waals surface area contributed by atoms with Crippen LogP contribution in [0.25, 0.3) is 5.76 Å². The Bertz CT molecular complexity index is 1100. The van der Waals surface area contributed by atoms with Crippen LogP contribution < -0.4 is 10.6 Å². The lowest BCUT2D eigenvalue weighted by atomic mass is 10.1. The number of nitrogens with one attached hydrogen (secondary N) is 2. The molecule has 8 nitrogen and oxygen atoms in total. The number of amides is 2. The first-order chi connectivity index (χ1) is 15.0. The van der Waals surface area contributed by atoms with Gasteiger partial charge in [-0.25, -0.2) is 0 Å². The molecular weight excluding hydrogens is 396 g/mol. The van der Waals surface area contributed by atoms with Gasteiger partial charge in [0.2, 0.25) is 0 Å². The summed E-state index contributed by atoms with van der Waals surface area (Å²) in [5.41, 5.74) is 2.24. The molecule has 0 bridgehead atoms. The number of carbonyl (C=O) groups is 2. The Labute approximate surface area is 179 Å². The lowest BCUT2D eigenvalue weighted by Gasteiger charge is -2.10. The van der Waals surface area contributed by atoms with E-state index in [4.69, 9.17) is 4.52 Å². The standard InChI is InChI=1S/C23H22N4O4/c1-15-19(14-26-31-15)21(28)20(13-24-2)23(30)27-18-10-8-17(9-11-18)22(29)25-12-16-6-4-3-5-7-16/h3-11,14,28H,2,12-13H2,1H3,(H,25,29)(H,27,30)/b21-20-. The van der Waals surface area contributed by atoms with Gasteiger partial charge in [0.25, 0.3) is 11.8 Å². The van der Waals surface area contributed by atoms with Crippen molar-refractivity contribution in [3.8, 4) is 0 Å². The number of rotatable bonds is 8. The van der Waals surface area contributed by atoms with Crippen LogP contribution in [0.2, 0.25) is 0 Å². The molecule has 0 fully saturated rings. The Morgan fingerprint density at radius 3 is 2.45 bits per heavy atom. The molecule has 0 aliphatic rings. The summed E-state index contributed by atoms with van der Waals surface area (Å²) in [5, 5.41) is 19.6. The van der Waals surface area contributed by atoms with Gasteiger partial charge < -0.3 is 20.3 Å². The van der Waals surface area contributed by atoms with Crippen molar-refractivity contribution in [2.45, 2.75) is 13.5 Å². The van der Waals surface area contributed by atoms with Crippen molar-refractivity contribution in [1.82, 2.24) is 10.5 Å². The number of aliphatic hydroxyl groups excluding tert-OH is 1. The van der Waals surface area contributed by atoms with Crippen LogP contribution in [0, 0.1) is 6.92 Å². The first-order valence-corrected chi connectivity index (χ1v) is 9.49. The SMILES string of the molecule is C=NC/C(C(=O)Nc1ccc(C(=O)NCc2ccccc2)cc1)=C(/O)c1cnoc1C. The smallest absolute Gasteiger partial charge is 0.257 e. The molecule has 0 radical (unpaired) electrons. The van der Waals surface area contributed by atoms with E-state index in [1.807, 2.05) is 30.3 Å². The fourth-order valence-corrected chi connectivity index (χ4v) is 2.85. The van der Waals surface area contributed by atoms with Crippen LogP contribution in [0.3, 0.4) is 0 Å². The average Bonchev–Trinajstić information content (AvgIpc) is 3.22. The van der Waals surface area contributed by atoms with Gasteiger partial charge in [-0.15, -0.1) is 0 Å². The van der Waals surface area contributed by atoms with Gasteiger partial charge in [0.05, 0.1) is 23.9 Å². The zero-order valence-electron chi connectivity index (χ0n) is 17.0. The van der Waals surface area contributed by atoms with Crippen molar-refractivity contribution in [3.05, 3.63) is 88.8 Å². The maximum atomic E-state index is 12.7. The van der Waals surface area contributed by atoms with E-state index in [2.05, 4.69) is 27.5 Å². The van der Waals surface area contributed by atoms with E-state index in [9.17, 15) is 14.7 Å². The molecule has 1 heterocycles. The highest BCUT2D eigenvalue weighted by molar-refractivity contribution is 6.08. The van der Waals surface area contributed by atoms with Crippen molar-refractivity contribution in [2.75, 3.05) is 11.9 Å². The van der Waals surface area contributed by atoms with Crippen LogP contribution in [0.5, 0.6) is 0 Å². The highest BCUT2D eigenvalue weighted by Crippen LogP contribution is 2.21. The Morgan fingerprint density at radius 2 is 1.84 bits per heavy atom. The van der Waals surface area contributed by atoms with E-state index < -0.39 is 5.91 Å². The zero-order valence-corrected chi connectivity index (χ0v) is 17.0. The highest BCUT2D eigenvalue weighted by Gasteiger charge is 2.19. The molecule has 0 aliphatic carbocycles. The third kappa shape index (κ3) is 5.45. The van der Waals surface area contributed by atoms with Gasteiger partial charge in [-0.05, 0) is 43.5 Å². The molecule has 31 heavy (non-hydrogen) atoms. The second-order valence-corrected chi connectivity index (χ2v) is 6.70. The third-order valence-electron chi connectivity index (χ3n) is 4.54. The summed E-state index contributed by atoms with van der Waals surface area (Å²) in [7, 11) is 0. The number of benzene rings is 2. The molecule has 2 aromatic carbocycles. The fourth-order valence-electron chi connectivity index (χ4n) is 2.85. The van der Waals surface area contributed by atoms with Gasteiger partial charge in [-0.2, -0.15) is 0 Å². The number of aromatic nitrogens is 1. The molecule has 8 heteroatoms. The number of carbonyl (C=O) groups excluding carboxylic acids is 2. The monoisotopic (exact) mass is 418 g/mol. The zero-order chi connectivity index (χ0) is 22.2. The number of aliphatic hydroxyl groups is 1. The largest absolute Gasteiger partial charge is 0.507 e. The quantitative estimate of drug-likeness (QED) is 0.294. The van der Waals surface area contributed by atoms with E-state index in [1.54, 1.807) is 31.2 Å². The normalized spacial score (nSPS) is 11.4. The maximum absolute atomic E-state index is 12.7. The summed E-state index contributed by atoms with van der Waals surface area (Å²) < 4.78 is 4.94. The van der Waals surface area contributed by atoms with Gasteiger partial charge in [-0.1, -0.05) is 35.5 Å². The predicted octanol–water partition coefficient (Wildman–Crippen LogP) is 3.52. The van der Waals surface area contributed by atoms with E-state index >= 15 is 0 Å². The summed E-state index contributed by atoms with van der Waals surface area (Å²) >= 11 is 0. The number of aliphatic imine (C=N–C) groups is 1. The van der Waals surface area contributed by atoms with Crippen molar-refractivity contribution < 1.29 is 19.2 Å². The third-order valence-corrected chi connectivity index (χ3v) is 4.54. The van der Waals surface area contributed by atoms with E-state index in [1.165, 1.54) is 6.20 Å². The van der Waals surface area contributed by atoms with Gasteiger partial charge >= 0.3 is 0 Å². The summed E-state index contributed by atoms with van der Waals surface area (Å²) in [6.45, 7) is 5.33. The van der Waals surface area contributed by atoms with E-state index in [0.29, 0.717) is 29.1 Å². The van der Waals surface area contributed by atoms with Crippen molar-refractivity contribution >= 4 is 30.0 Å².